The Morgan fingerprint density at radius 1 is 1.07 bits per heavy atom. The molecule has 1 fully saturated rings. The molecule has 0 spiro atoms. The van der Waals surface area contributed by atoms with Crippen LogP contribution in [0.25, 0.3) is 0 Å². The number of nitrogens with zero attached hydrogens (tertiary/aromatic N) is 1. The van der Waals surface area contributed by atoms with Crippen LogP contribution in [0.2, 0.25) is 0 Å². The SMILES string of the molecule is Cl.Cl.Oc1ccc(OC(F)(F)F)cc1[C@@H](CCC(F)(F)F)N1CCNCC1. The first kappa shape index (κ1) is 25.9. The van der Waals surface area contributed by atoms with E-state index in [1.165, 1.54) is 0 Å². The van der Waals surface area contributed by atoms with Crippen molar-refractivity contribution in [2.75, 3.05) is 26.2 Å². The van der Waals surface area contributed by atoms with E-state index in [-0.39, 0.29) is 42.5 Å². The molecule has 2 rings (SSSR count). The van der Waals surface area contributed by atoms with E-state index < -0.39 is 30.8 Å². The van der Waals surface area contributed by atoms with Crippen LogP contribution in [0.4, 0.5) is 26.3 Å². The van der Waals surface area contributed by atoms with Gasteiger partial charge in [0, 0.05) is 44.2 Å². The van der Waals surface area contributed by atoms with Gasteiger partial charge < -0.3 is 15.2 Å². The first-order valence-electron chi connectivity index (χ1n) is 7.65. The summed E-state index contributed by atoms with van der Waals surface area (Å²) in [6, 6.07) is 2.01. The molecule has 1 heterocycles. The number of ether oxygens (including phenoxy) is 1. The van der Waals surface area contributed by atoms with E-state index in [0.717, 1.165) is 18.2 Å². The monoisotopic (exact) mass is 444 g/mol. The van der Waals surface area contributed by atoms with Crippen molar-refractivity contribution in [2.45, 2.75) is 31.4 Å². The lowest BCUT2D eigenvalue weighted by molar-refractivity contribution is -0.274. The highest BCUT2D eigenvalue weighted by Gasteiger charge is 2.34. The first-order valence-corrected chi connectivity index (χ1v) is 7.65. The van der Waals surface area contributed by atoms with Gasteiger partial charge in [0.25, 0.3) is 0 Å². The zero-order valence-corrected chi connectivity index (χ0v) is 15.6. The van der Waals surface area contributed by atoms with E-state index >= 15 is 0 Å². The largest absolute Gasteiger partial charge is 0.573 e. The highest BCUT2D eigenvalue weighted by molar-refractivity contribution is 5.85. The minimum atomic E-state index is -4.93. The Bertz CT molecular complexity index is 580. The minimum Gasteiger partial charge on any atom is -0.508 e. The highest BCUT2D eigenvalue weighted by atomic mass is 35.5. The molecule has 4 nitrogen and oxygen atoms in total. The summed E-state index contributed by atoms with van der Waals surface area (Å²) < 4.78 is 78.9. The third-order valence-electron chi connectivity index (χ3n) is 3.89. The average Bonchev–Trinajstić information content (AvgIpc) is 2.49. The van der Waals surface area contributed by atoms with Crippen molar-refractivity contribution in [3.63, 3.8) is 0 Å². The zero-order valence-electron chi connectivity index (χ0n) is 13.9. The van der Waals surface area contributed by atoms with Crippen LogP contribution in [-0.4, -0.2) is 48.7 Å². The summed E-state index contributed by atoms with van der Waals surface area (Å²) in [6.45, 7) is 1.93. The number of nitrogens with one attached hydrogen (secondary N) is 1. The van der Waals surface area contributed by atoms with Crippen molar-refractivity contribution in [1.29, 1.82) is 0 Å². The molecule has 1 aliphatic heterocycles. The van der Waals surface area contributed by atoms with Crippen molar-refractivity contribution < 1.29 is 36.2 Å². The molecular formula is C15H20Cl2F6N2O2. The molecule has 1 atom stereocenters. The van der Waals surface area contributed by atoms with Gasteiger partial charge in [-0.3, -0.25) is 4.90 Å². The van der Waals surface area contributed by atoms with Crippen molar-refractivity contribution >= 4 is 24.8 Å². The maximum absolute atomic E-state index is 12.6. The average molecular weight is 445 g/mol. The molecule has 0 amide bonds. The van der Waals surface area contributed by atoms with E-state index in [0.29, 0.717) is 26.2 Å². The van der Waals surface area contributed by atoms with Gasteiger partial charge in [-0.2, -0.15) is 13.2 Å². The second kappa shape index (κ2) is 10.4. The van der Waals surface area contributed by atoms with Crippen LogP contribution in [0, 0.1) is 0 Å². The Morgan fingerprint density at radius 2 is 1.67 bits per heavy atom. The Hall–Kier alpha value is -1.10. The quantitative estimate of drug-likeness (QED) is 0.659. The molecule has 0 unspecified atom stereocenters. The van der Waals surface area contributed by atoms with Gasteiger partial charge in [0.05, 0.1) is 0 Å². The Balaban J connectivity index is 0.00000338. The summed E-state index contributed by atoms with van der Waals surface area (Å²) in [6.07, 6.45) is -10.8. The number of phenols is 1. The number of hydrogen-bond acceptors (Lipinski definition) is 4. The molecule has 12 heteroatoms. The van der Waals surface area contributed by atoms with Gasteiger partial charge in [0.15, 0.2) is 0 Å². The second-order valence-electron chi connectivity index (χ2n) is 5.72. The number of phenolic OH excluding ortho intramolecular Hbond substituents is 1. The molecule has 0 aromatic heterocycles. The number of hydrogen-bond donors (Lipinski definition) is 2. The van der Waals surface area contributed by atoms with Crippen LogP contribution in [0.5, 0.6) is 11.5 Å². The number of benzene rings is 1. The molecule has 1 saturated heterocycles. The Morgan fingerprint density at radius 3 is 2.19 bits per heavy atom. The summed E-state index contributed by atoms with van der Waals surface area (Å²) in [4.78, 5) is 1.72. The van der Waals surface area contributed by atoms with Crippen LogP contribution in [0.3, 0.4) is 0 Å². The molecule has 1 aromatic carbocycles. The maximum atomic E-state index is 12.6. The summed E-state index contributed by atoms with van der Waals surface area (Å²) in [5.41, 5.74) is -0.00657. The van der Waals surface area contributed by atoms with Crippen molar-refractivity contribution in [3.05, 3.63) is 23.8 Å². The minimum absolute atomic E-state index is 0. The first-order chi connectivity index (χ1) is 11.6. The number of alkyl halides is 6. The lowest BCUT2D eigenvalue weighted by atomic mass is 9.98. The third-order valence-corrected chi connectivity index (χ3v) is 3.89. The van der Waals surface area contributed by atoms with Gasteiger partial charge >= 0.3 is 12.5 Å². The summed E-state index contributed by atoms with van der Waals surface area (Å²) >= 11 is 0. The number of piperazine rings is 1. The number of halogens is 8. The van der Waals surface area contributed by atoms with Gasteiger partial charge in [-0.15, -0.1) is 38.0 Å². The van der Waals surface area contributed by atoms with Crippen LogP contribution in [0.1, 0.15) is 24.4 Å². The number of rotatable bonds is 5. The van der Waals surface area contributed by atoms with Gasteiger partial charge in [0.2, 0.25) is 0 Å². The fourth-order valence-corrected chi connectivity index (χ4v) is 2.83. The Kier molecular flexibility index (Phi) is 10.0. The standard InChI is InChI=1S/C15H18F6N2O2.2ClH/c16-14(17,18)4-3-12(23-7-5-22-6-8-23)11-9-10(1-2-13(11)24)25-15(19,20)21;;/h1-2,9,12,22,24H,3-8H2;2*1H/t12-;;/m1../s1. The highest BCUT2D eigenvalue weighted by Crippen LogP contribution is 2.38. The zero-order chi connectivity index (χ0) is 18.7. The fourth-order valence-electron chi connectivity index (χ4n) is 2.83. The molecule has 2 N–H and O–H groups in total. The molecular weight excluding hydrogens is 425 g/mol. The fraction of sp³-hybridized carbons (Fsp3) is 0.600. The normalized spacial score (nSPS) is 16.8. The topological polar surface area (TPSA) is 44.7 Å². The van der Waals surface area contributed by atoms with Crippen LogP contribution >= 0.6 is 24.8 Å². The lowest BCUT2D eigenvalue weighted by Crippen LogP contribution is -2.45. The van der Waals surface area contributed by atoms with Gasteiger partial charge in [0.1, 0.15) is 11.5 Å². The van der Waals surface area contributed by atoms with Crippen LogP contribution in [0.15, 0.2) is 18.2 Å². The molecule has 1 aliphatic rings. The van der Waals surface area contributed by atoms with Crippen LogP contribution < -0.4 is 10.1 Å². The maximum Gasteiger partial charge on any atom is 0.573 e. The molecule has 0 saturated carbocycles. The van der Waals surface area contributed by atoms with E-state index in [1.807, 2.05) is 0 Å². The van der Waals surface area contributed by atoms with Gasteiger partial charge in [-0.25, -0.2) is 0 Å². The van der Waals surface area contributed by atoms with E-state index in [4.69, 9.17) is 0 Å². The second-order valence-corrected chi connectivity index (χ2v) is 5.72. The molecule has 0 aliphatic carbocycles. The van der Waals surface area contributed by atoms with E-state index in [9.17, 15) is 31.4 Å². The molecule has 1 aromatic rings. The molecule has 0 bridgehead atoms. The van der Waals surface area contributed by atoms with Crippen LogP contribution in [-0.2, 0) is 0 Å². The Labute approximate surface area is 164 Å². The smallest absolute Gasteiger partial charge is 0.508 e. The van der Waals surface area contributed by atoms with Crippen molar-refractivity contribution in [2.24, 2.45) is 0 Å². The third kappa shape index (κ3) is 8.63. The van der Waals surface area contributed by atoms with Crippen molar-refractivity contribution in [1.82, 2.24) is 10.2 Å². The van der Waals surface area contributed by atoms with E-state index in [2.05, 4.69) is 10.1 Å². The predicted molar refractivity (Wildman–Crippen MR) is 91.8 cm³/mol. The lowest BCUT2D eigenvalue weighted by Gasteiger charge is -2.35. The van der Waals surface area contributed by atoms with E-state index in [1.54, 1.807) is 4.90 Å². The van der Waals surface area contributed by atoms with Gasteiger partial charge in [-0.1, -0.05) is 0 Å². The summed E-state index contributed by atoms with van der Waals surface area (Å²) in [7, 11) is 0. The number of aromatic hydroxyl groups is 1. The molecule has 0 radical (unpaired) electrons. The summed E-state index contributed by atoms with van der Waals surface area (Å²) in [5, 5.41) is 13.1. The van der Waals surface area contributed by atoms with Crippen molar-refractivity contribution in [3.8, 4) is 11.5 Å². The molecule has 158 valence electrons. The van der Waals surface area contributed by atoms with Gasteiger partial charge in [-0.05, 0) is 24.6 Å². The predicted octanol–water partition coefficient (Wildman–Crippen LogP) is 4.42. The molecule has 27 heavy (non-hydrogen) atoms. The summed E-state index contributed by atoms with van der Waals surface area (Å²) in [5.74, 6) is -0.937.